The maximum absolute atomic E-state index is 5.30. The maximum atomic E-state index is 5.30. The second-order valence-electron chi connectivity index (χ2n) is 2.31. The molecule has 13 radical (unpaired) electrons. The van der Waals surface area contributed by atoms with Gasteiger partial charge in [-0.2, -0.15) is 0 Å². The summed E-state index contributed by atoms with van der Waals surface area (Å²) >= 11 is 0. The van der Waals surface area contributed by atoms with E-state index in [2.05, 4.69) is 0 Å². The van der Waals surface area contributed by atoms with Gasteiger partial charge in [-0.3, -0.25) is 0 Å². The van der Waals surface area contributed by atoms with Gasteiger partial charge >= 0.3 is 0 Å². The van der Waals surface area contributed by atoms with Gasteiger partial charge in [0.05, 0.1) is 0 Å². The summed E-state index contributed by atoms with van der Waals surface area (Å²) in [7, 11) is 31.8. The summed E-state index contributed by atoms with van der Waals surface area (Å²) in [5.74, 6) is 0. The minimum absolute atomic E-state index is 0.444. The van der Waals surface area contributed by atoms with Crippen molar-refractivity contribution in [3.63, 3.8) is 0 Å². The first kappa shape index (κ1) is 10.6. The van der Waals surface area contributed by atoms with E-state index in [1.807, 2.05) is 0 Å². The van der Waals surface area contributed by atoms with E-state index < -0.39 is 25.5 Å². The van der Waals surface area contributed by atoms with Crippen molar-refractivity contribution in [3.05, 3.63) is 0 Å². The minimum Gasteiger partial charge on any atom is -0.687 e. The van der Waals surface area contributed by atoms with Crippen molar-refractivity contribution >= 4 is 72.0 Å². The molecule has 0 rings (SSSR count). The van der Waals surface area contributed by atoms with Crippen LogP contribution in [0.3, 0.4) is 0 Å². The first-order valence-electron chi connectivity index (χ1n) is 3.00. The summed E-state index contributed by atoms with van der Waals surface area (Å²) < 4.78 is 0. The average molecular weight is 108 g/mol. The van der Waals surface area contributed by atoms with E-state index in [-0.39, 0.29) is 0 Å². The summed E-state index contributed by atoms with van der Waals surface area (Å²) in [4.78, 5) is 0. The molecule has 0 spiro atoms. The van der Waals surface area contributed by atoms with Crippen molar-refractivity contribution < 1.29 is 0 Å². The zero-order valence-corrected chi connectivity index (χ0v) is 5.77. The smallest absolute Gasteiger partial charge is 0.000103 e. The van der Waals surface area contributed by atoms with Gasteiger partial charge in [0, 0.05) is 0 Å². The van der Waals surface area contributed by atoms with Gasteiger partial charge in [-0.1, -0.05) is 0 Å². The Bertz CT molecular complexity index is 61.0. The molecule has 31 valence electrons. The first-order chi connectivity index (χ1) is 4.46. The molecule has 0 aromatic heterocycles. The highest BCUT2D eigenvalue weighted by molar-refractivity contribution is 8.00. The Kier molecular flexibility index (Phi) is 4.80. The molecule has 0 bridgehead atoms. The van der Waals surface area contributed by atoms with Gasteiger partial charge in [0.2, 0.25) is 0 Å². The maximum Gasteiger partial charge on any atom is -0.000103 e. The van der Waals surface area contributed by atoms with Crippen LogP contribution in [0.25, 0.3) is 0 Å². The topological polar surface area (TPSA) is 0 Å². The standard InChI is InChI=1S/B10/c1-7(2)10(8(3)4)9(5)6/q-1. The highest BCUT2D eigenvalue weighted by Crippen LogP contribution is 1.86. The normalized spacial score (nSPS) is 8.50. The van der Waals surface area contributed by atoms with Crippen molar-refractivity contribution in [1.82, 2.24) is 0 Å². The third-order valence-electron chi connectivity index (χ3n) is 1.33. The lowest BCUT2D eigenvalue weighted by Gasteiger charge is -2.33. The van der Waals surface area contributed by atoms with E-state index in [9.17, 15) is 0 Å². The number of hydrogen-bond donors (Lipinski definition) is 0. The molecule has 0 nitrogen and oxygen atoms in total. The summed E-state index contributed by atoms with van der Waals surface area (Å²) in [5.41, 5.74) is 0. The summed E-state index contributed by atoms with van der Waals surface area (Å²) in [6.45, 7) is 0. The molecule has 0 aromatic carbocycles. The van der Waals surface area contributed by atoms with Gasteiger partial charge in [0.1, 0.15) is 0 Å². The highest BCUT2D eigenvalue weighted by atomic mass is 13.1. The lowest BCUT2D eigenvalue weighted by molar-refractivity contribution is 3.52. The SMILES string of the molecule is [B]B([B])B(B([B])[B])B([B])[B-]. The molecular formula is B10-. The third kappa shape index (κ3) is 3.16. The van der Waals surface area contributed by atoms with Crippen LogP contribution in [-0.2, 0) is 0 Å². The van der Waals surface area contributed by atoms with Crippen molar-refractivity contribution in [2.75, 3.05) is 0 Å². The van der Waals surface area contributed by atoms with E-state index >= 15 is 0 Å². The largest absolute Gasteiger partial charge is 0.687 e. The molecule has 10 heavy (non-hydrogen) atoms. The number of hydrogen-bond acceptors (Lipinski definition) is 0. The Morgan fingerprint density at radius 1 is 0.800 bits per heavy atom. The Labute approximate surface area is 72.4 Å². The zero-order chi connectivity index (χ0) is 8.31. The average Bonchev–Trinajstić information content (AvgIpc) is 1.59. The zero-order valence-electron chi connectivity index (χ0n) is 5.77. The summed E-state index contributed by atoms with van der Waals surface area (Å²) in [6, 6.07) is 0. The molecule has 0 amide bonds. The summed E-state index contributed by atoms with van der Waals surface area (Å²) in [5, 5.41) is 0. The molecule has 0 N–H and O–H groups in total. The van der Waals surface area contributed by atoms with Gasteiger partial charge in [-0.15, -0.1) is 0 Å². The van der Waals surface area contributed by atoms with Crippen LogP contribution in [0.1, 0.15) is 0 Å². The fourth-order valence-electron chi connectivity index (χ4n) is 0.770. The van der Waals surface area contributed by atoms with Crippen molar-refractivity contribution in [2.24, 2.45) is 0 Å². The molecule has 0 aliphatic carbocycles. The Balaban J connectivity index is 3.98. The van der Waals surface area contributed by atoms with Crippen LogP contribution < -0.4 is 0 Å². The van der Waals surface area contributed by atoms with Gasteiger partial charge in [0.15, 0.2) is 0 Å². The molecular weight excluding hydrogens is 108 g/mol. The lowest BCUT2D eigenvalue weighted by Crippen LogP contribution is -2.62. The van der Waals surface area contributed by atoms with Gasteiger partial charge in [-0.25, -0.2) is 6.39 Å². The van der Waals surface area contributed by atoms with Crippen LogP contribution in [0.5, 0.6) is 0 Å². The van der Waals surface area contributed by atoms with E-state index in [1.165, 1.54) is 0 Å². The Morgan fingerprint density at radius 3 is 1.10 bits per heavy atom. The fraction of sp³-hybridized carbons (Fsp3) is 0. The van der Waals surface area contributed by atoms with Crippen LogP contribution in [0, 0.1) is 0 Å². The quantitative estimate of drug-likeness (QED) is 0.325. The molecule has 0 aliphatic rings. The molecule has 0 fully saturated rings. The predicted molar refractivity (Wildman–Crippen MR) is 57.5 cm³/mol. The Morgan fingerprint density at radius 2 is 1.10 bits per heavy atom. The monoisotopic (exact) mass is 110 g/mol. The molecule has 0 atom stereocenters. The van der Waals surface area contributed by atoms with Gasteiger partial charge < -0.3 is 7.74 Å². The minimum atomic E-state index is -0.667. The van der Waals surface area contributed by atoms with E-state index in [0.29, 0.717) is 0 Å². The Hall–Kier alpha value is 0.649. The van der Waals surface area contributed by atoms with E-state index in [1.54, 1.807) is 0 Å². The second-order valence-corrected chi connectivity index (χ2v) is 2.31. The first-order valence-corrected chi connectivity index (χ1v) is 3.00. The van der Waals surface area contributed by atoms with Crippen LogP contribution in [0.4, 0.5) is 0 Å². The summed E-state index contributed by atoms with van der Waals surface area (Å²) in [6.07, 6.45) is -2.44. The van der Waals surface area contributed by atoms with E-state index in [0.717, 1.165) is 0 Å². The van der Waals surface area contributed by atoms with Crippen LogP contribution in [0.15, 0.2) is 0 Å². The van der Waals surface area contributed by atoms with Crippen LogP contribution in [-0.4, -0.2) is 72.0 Å². The molecule has 0 unspecified atom stereocenters. The van der Waals surface area contributed by atoms with Gasteiger partial charge in [-0.05, 0) is 57.8 Å². The van der Waals surface area contributed by atoms with E-state index in [4.69, 9.17) is 46.4 Å². The van der Waals surface area contributed by atoms with Crippen LogP contribution in [0.2, 0.25) is 0 Å². The van der Waals surface area contributed by atoms with Crippen molar-refractivity contribution in [1.29, 1.82) is 0 Å². The lowest BCUT2D eigenvalue weighted by atomic mass is 8.58. The fourth-order valence-corrected chi connectivity index (χ4v) is 0.770. The highest BCUT2D eigenvalue weighted by Gasteiger charge is 2.18. The molecule has 0 saturated heterocycles. The molecule has 10 heteroatoms. The van der Waals surface area contributed by atoms with Gasteiger partial charge in [0.25, 0.3) is 0 Å². The molecule has 0 aromatic rings. The second kappa shape index (κ2) is 4.51. The van der Waals surface area contributed by atoms with Crippen LogP contribution >= 0.6 is 0 Å². The van der Waals surface area contributed by atoms with Crippen molar-refractivity contribution in [2.45, 2.75) is 0 Å². The predicted octanol–water partition coefficient (Wildman–Crippen LogP) is -3.81. The molecule has 0 heterocycles. The molecule has 0 saturated carbocycles. The third-order valence-corrected chi connectivity index (χ3v) is 1.33. The number of rotatable bonds is 3. The molecule has 0 aliphatic heterocycles. The van der Waals surface area contributed by atoms with Crippen molar-refractivity contribution in [3.8, 4) is 0 Å².